The lowest BCUT2D eigenvalue weighted by Gasteiger charge is -2.24. The number of carbonyl (C=O) groups excluding carboxylic acids is 1. The molecular weight excluding hydrogens is 399 g/mol. The highest BCUT2D eigenvalue weighted by Crippen LogP contribution is 2.34. The molecule has 3 N–H and O–H groups in total. The van der Waals surface area contributed by atoms with Crippen molar-refractivity contribution >= 4 is 47.4 Å². The summed E-state index contributed by atoms with van der Waals surface area (Å²) in [6.07, 6.45) is 8.19. The normalized spacial score (nSPS) is 29.0. The van der Waals surface area contributed by atoms with Crippen LogP contribution in [0.2, 0.25) is 0 Å². The van der Waals surface area contributed by atoms with Gasteiger partial charge in [-0.3, -0.25) is 4.79 Å². The van der Waals surface area contributed by atoms with E-state index in [4.69, 9.17) is 4.74 Å². The Balaban J connectivity index is 0.00000112. The molecule has 8 heteroatoms. The third-order valence-corrected chi connectivity index (χ3v) is 6.18. The number of nitrogens with one attached hydrogen (secondary N) is 3. The van der Waals surface area contributed by atoms with E-state index in [0.717, 1.165) is 48.4 Å². The van der Waals surface area contributed by atoms with Crippen molar-refractivity contribution in [3.63, 3.8) is 0 Å². The Labute approximate surface area is 177 Å². The molecule has 3 fully saturated rings. The zero-order valence-corrected chi connectivity index (χ0v) is 17.4. The largest absolute Gasteiger partial charge is 0.370 e. The number of anilines is 1. The monoisotopic (exact) mass is 426 g/mol. The molecule has 3 heterocycles. The van der Waals surface area contributed by atoms with Crippen LogP contribution in [-0.2, 0) is 9.53 Å². The van der Waals surface area contributed by atoms with E-state index in [1.165, 1.54) is 25.7 Å². The summed E-state index contributed by atoms with van der Waals surface area (Å²) in [4.78, 5) is 20.7. The molecule has 3 aliphatic rings. The number of rotatable bonds is 3. The Bertz CT molecular complexity index is 808. The molecule has 1 aromatic carbocycles. The summed E-state index contributed by atoms with van der Waals surface area (Å²) >= 11 is 0. The molecule has 0 spiro atoms. The molecule has 1 saturated carbocycles. The van der Waals surface area contributed by atoms with Gasteiger partial charge in [0.05, 0.1) is 17.1 Å². The number of aromatic nitrogens is 2. The molecule has 2 aliphatic heterocycles. The number of halogens is 2. The summed E-state index contributed by atoms with van der Waals surface area (Å²) in [7, 11) is 0. The van der Waals surface area contributed by atoms with E-state index in [0.29, 0.717) is 12.0 Å². The number of nitrogens with zero attached hydrogens (tertiary/aromatic N) is 1. The molecule has 4 atom stereocenters. The van der Waals surface area contributed by atoms with Gasteiger partial charge in [0.15, 0.2) is 0 Å². The van der Waals surface area contributed by atoms with Gasteiger partial charge in [0, 0.05) is 18.3 Å². The number of benzene rings is 1. The lowest BCUT2D eigenvalue weighted by atomic mass is 9.85. The molecule has 1 aliphatic carbocycles. The second-order valence-electron chi connectivity index (χ2n) is 7.95. The van der Waals surface area contributed by atoms with Gasteiger partial charge in [-0.15, -0.1) is 24.8 Å². The Kier molecular flexibility index (Phi) is 6.86. The van der Waals surface area contributed by atoms with Crippen LogP contribution in [0.25, 0.3) is 11.0 Å². The third-order valence-electron chi connectivity index (χ3n) is 6.18. The van der Waals surface area contributed by atoms with Gasteiger partial charge in [-0.05, 0) is 56.2 Å². The highest BCUT2D eigenvalue weighted by atomic mass is 35.5. The standard InChI is InChI=1S/C20H26N4O2.2ClH/c25-20(17-10-12-4-1-2-5-14(12)22-17)21-13-7-8-15-16(11-13)24-19(23-15)18-6-3-9-26-18;;/h7-8,11-12,14,17-18,22H,1-6,9-10H2,(H,21,25)(H,23,24);2*1H. The van der Waals surface area contributed by atoms with Crippen molar-refractivity contribution in [2.24, 2.45) is 5.92 Å². The van der Waals surface area contributed by atoms with E-state index < -0.39 is 0 Å². The smallest absolute Gasteiger partial charge is 0.241 e. The third kappa shape index (κ3) is 4.15. The van der Waals surface area contributed by atoms with E-state index in [-0.39, 0.29) is 42.9 Å². The average Bonchev–Trinajstić information content (AvgIpc) is 3.38. The van der Waals surface area contributed by atoms with Gasteiger partial charge in [0.1, 0.15) is 11.9 Å². The van der Waals surface area contributed by atoms with E-state index in [1.54, 1.807) is 0 Å². The van der Waals surface area contributed by atoms with Crippen LogP contribution in [0.4, 0.5) is 5.69 Å². The summed E-state index contributed by atoms with van der Waals surface area (Å²) in [5, 5.41) is 6.63. The van der Waals surface area contributed by atoms with Crippen LogP contribution in [0, 0.1) is 5.92 Å². The van der Waals surface area contributed by atoms with Crippen molar-refractivity contribution in [1.29, 1.82) is 0 Å². The maximum Gasteiger partial charge on any atom is 0.241 e. The Morgan fingerprint density at radius 3 is 2.79 bits per heavy atom. The molecule has 1 amide bonds. The van der Waals surface area contributed by atoms with Crippen molar-refractivity contribution in [2.75, 3.05) is 11.9 Å². The van der Waals surface area contributed by atoms with Crippen molar-refractivity contribution in [3.8, 4) is 0 Å². The second-order valence-corrected chi connectivity index (χ2v) is 7.95. The van der Waals surface area contributed by atoms with Gasteiger partial charge in [-0.25, -0.2) is 4.98 Å². The van der Waals surface area contributed by atoms with Gasteiger partial charge in [0.25, 0.3) is 0 Å². The van der Waals surface area contributed by atoms with Gasteiger partial charge < -0.3 is 20.4 Å². The molecule has 5 rings (SSSR count). The number of imidazole rings is 1. The summed E-state index contributed by atoms with van der Waals surface area (Å²) in [6, 6.07) is 6.33. The SMILES string of the molecule is Cl.Cl.O=C(Nc1ccc2nc(C3CCCO3)[nH]c2c1)C1CC2CCCCC2N1. The first kappa shape index (κ1) is 21.4. The van der Waals surface area contributed by atoms with Gasteiger partial charge in [-0.2, -0.15) is 0 Å². The molecule has 154 valence electrons. The first-order chi connectivity index (χ1) is 12.8. The molecule has 4 unspecified atom stereocenters. The van der Waals surface area contributed by atoms with E-state index in [9.17, 15) is 4.79 Å². The molecule has 6 nitrogen and oxygen atoms in total. The van der Waals surface area contributed by atoms with Crippen LogP contribution in [0.3, 0.4) is 0 Å². The predicted molar refractivity (Wildman–Crippen MR) is 114 cm³/mol. The first-order valence-corrected chi connectivity index (χ1v) is 9.94. The molecular formula is C20H28Cl2N4O2. The average molecular weight is 427 g/mol. The molecule has 1 aromatic heterocycles. The lowest BCUT2D eigenvalue weighted by Crippen LogP contribution is -2.39. The first-order valence-electron chi connectivity index (χ1n) is 9.94. The van der Waals surface area contributed by atoms with Gasteiger partial charge in [-0.1, -0.05) is 12.8 Å². The fraction of sp³-hybridized carbons (Fsp3) is 0.600. The summed E-state index contributed by atoms with van der Waals surface area (Å²) in [5.41, 5.74) is 2.68. The highest BCUT2D eigenvalue weighted by Gasteiger charge is 2.38. The van der Waals surface area contributed by atoms with Crippen LogP contribution in [0.1, 0.15) is 56.9 Å². The summed E-state index contributed by atoms with van der Waals surface area (Å²) in [6.45, 7) is 0.805. The van der Waals surface area contributed by atoms with Crippen LogP contribution in [0.5, 0.6) is 0 Å². The highest BCUT2D eigenvalue weighted by molar-refractivity contribution is 5.96. The number of hydrogen-bond acceptors (Lipinski definition) is 4. The maximum absolute atomic E-state index is 12.7. The van der Waals surface area contributed by atoms with Crippen LogP contribution in [0.15, 0.2) is 18.2 Å². The van der Waals surface area contributed by atoms with Crippen molar-refractivity contribution in [2.45, 2.75) is 63.1 Å². The summed E-state index contributed by atoms with van der Waals surface area (Å²) < 4.78 is 5.71. The van der Waals surface area contributed by atoms with E-state index in [1.807, 2.05) is 18.2 Å². The topological polar surface area (TPSA) is 79.0 Å². The maximum atomic E-state index is 12.7. The number of carbonyl (C=O) groups is 1. The minimum atomic E-state index is -0.0667. The molecule has 28 heavy (non-hydrogen) atoms. The molecule has 0 bridgehead atoms. The number of H-pyrrole nitrogens is 1. The van der Waals surface area contributed by atoms with Gasteiger partial charge >= 0.3 is 0 Å². The fourth-order valence-corrected chi connectivity index (χ4v) is 4.80. The zero-order chi connectivity index (χ0) is 17.5. The molecule has 2 aromatic rings. The minimum Gasteiger partial charge on any atom is -0.370 e. The van der Waals surface area contributed by atoms with Crippen LogP contribution in [-0.4, -0.2) is 34.6 Å². The quantitative estimate of drug-likeness (QED) is 0.689. The number of hydrogen-bond donors (Lipinski definition) is 3. The minimum absolute atomic E-state index is 0. The van der Waals surface area contributed by atoms with Crippen molar-refractivity contribution < 1.29 is 9.53 Å². The Hall–Kier alpha value is -1.34. The van der Waals surface area contributed by atoms with E-state index >= 15 is 0 Å². The molecule has 0 radical (unpaired) electrons. The molecule has 2 saturated heterocycles. The van der Waals surface area contributed by atoms with Crippen LogP contribution >= 0.6 is 24.8 Å². The van der Waals surface area contributed by atoms with Gasteiger partial charge in [0.2, 0.25) is 5.91 Å². The van der Waals surface area contributed by atoms with Crippen molar-refractivity contribution in [3.05, 3.63) is 24.0 Å². The van der Waals surface area contributed by atoms with Crippen molar-refractivity contribution in [1.82, 2.24) is 15.3 Å². The predicted octanol–water partition coefficient (Wildman–Crippen LogP) is 4.12. The Morgan fingerprint density at radius 1 is 1.14 bits per heavy atom. The number of fused-ring (bicyclic) bond motifs is 2. The zero-order valence-electron chi connectivity index (χ0n) is 15.8. The number of amides is 1. The van der Waals surface area contributed by atoms with Crippen LogP contribution < -0.4 is 10.6 Å². The number of ether oxygens (including phenoxy) is 1. The Morgan fingerprint density at radius 2 is 2.00 bits per heavy atom. The van der Waals surface area contributed by atoms with E-state index in [2.05, 4.69) is 20.6 Å². The summed E-state index contributed by atoms with van der Waals surface area (Å²) in [5.74, 6) is 1.64. The number of aromatic amines is 1. The fourth-order valence-electron chi connectivity index (χ4n) is 4.80. The second kappa shape index (κ2) is 8.99. The lowest BCUT2D eigenvalue weighted by molar-refractivity contribution is -0.117.